The summed E-state index contributed by atoms with van der Waals surface area (Å²) in [4.78, 5) is 0. The highest BCUT2D eigenvalue weighted by Gasteiger charge is 2.13. The Morgan fingerprint density at radius 1 is 1.09 bits per heavy atom. The standard InChI is InChI=1S/C15H14ClN5O/c16-13-9-5-4-8-12(13)14(22)10-17-15-18-19-20-21(15)11-6-2-1-3-7-11/h1-9,14,22H,10H2,(H,17,18,20). The summed E-state index contributed by atoms with van der Waals surface area (Å²) < 4.78 is 1.57. The normalized spacial score (nSPS) is 12.1. The summed E-state index contributed by atoms with van der Waals surface area (Å²) in [5.41, 5.74) is 1.50. The van der Waals surface area contributed by atoms with Crippen LogP contribution in [-0.4, -0.2) is 31.9 Å². The van der Waals surface area contributed by atoms with E-state index in [9.17, 15) is 5.11 Å². The molecule has 0 bridgehead atoms. The molecule has 7 heteroatoms. The van der Waals surface area contributed by atoms with Crippen LogP contribution in [0.25, 0.3) is 5.69 Å². The molecule has 3 rings (SSSR count). The first kappa shape index (κ1) is 14.5. The summed E-state index contributed by atoms with van der Waals surface area (Å²) >= 11 is 6.07. The van der Waals surface area contributed by atoms with Crippen LogP contribution >= 0.6 is 11.6 Å². The third kappa shape index (κ3) is 3.08. The molecule has 1 heterocycles. The number of anilines is 1. The monoisotopic (exact) mass is 315 g/mol. The van der Waals surface area contributed by atoms with Crippen LogP contribution < -0.4 is 5.32 Å². The highest BCUT2D eigenvalue weighted by atomic mass is 35.5. The fraction of sp³-hybridized carbons (Fsp3) is 0.133. The average Bonchev–Trinajstić information content (AvgIpc) is 3.02. The molecular weight excluding hydrogens is 302 g/mol. The topological polar surface area (TPSA) is 75.9 Å². The fourth-order valence-corrected chi connectivity index (χ4v) is 2.35. The van der Waals surface area contributed by atoms with E-state index in [1.165, 1.54) is 0 Å². The second-order valence-electron chi connectivity index (χ2n) is 4.67. The van der Waals surface area contributed by atoms with E-state index >= 15 is 0 Å². The predicted molar refractivity (Wildman–Crippen MR) is 84.1 cm³/mol. The number of halogens is 1. The number of nitrogens with one attached hydrogen (secondary N) is 1. The molecule has 0 spiro atoms. The maximum atomic E-state index is 10.2. The summed E-state index contributed by atoms with van der Waals surface area (Å²) in [7, 11) is 0. The van der Waals surface area contributed by atoms with E-state index in [4.69, 9.17) is 11.6 Å². The van der Waals surface area contributed by atoms with E-state index in [2.05, 4.69) is 20.8 Å². The number of para-hydroxylation sites is 1. The molecule has 0 fully saturated rings. The molecule has 112 valence electrons. The number of rotatable bonds is 5. The van der Waals surface area contributed by atoms with Crippen LogP contribution in [0.15, 0.2) is 54.6 Å². The van der Waals surface area contributed by atoms with Gasteiger partial charge in [-0.25, -0.2) is 0 Å². The highest BCUT2D eigenvalue weighted by Crippen LogP contribution is 2.22. The van der Waals surface area contributed by atoms with Gasteiger partial charge in [0, 0.05) is 17.1 Å². The number of nitrogens with zero attached hydrogens (tertiary/aromatic N) is 4. The van der Waals surface area contributed by atoms with Crippen LogP contribution in [0.3, 0.4) is 0 Å². The number of aliphatic hydroxyl groups excluding tert-OH is 1. The fourth-order valence-electron chi connectivity index (χ4n) is 2.08. The summed E-state index contributed by atoms with van der Waals surface area (Å²) in [6.45, 7) is 0.247. The summed E-state index contributed by atoms with van der Waals surface area (Å²) in [6.07, 6.45) is -0.755. The molecule has 2 aromatic carbocycles. The van der Waals surface area contributed by atoms with Gasteiger partial charge in [-0.2, -0.15) is 4.68 Å². The molecule has 0 radical (unpaired) electrons. The van der Waals surface area contributed by atoms with Gasteiger partial charge in [0.05, 0.1) is 11.8 Å². The molecule has 6 nitrogen and oxygen atoms in total. The third-order valence-electron chi connectivity index (χ3n) is 3.19. The van der Waals surface area contributed by atoms with Gasteiger partial charge in [0.2, 0.25) is 5.95 Å². The SMILES string of the molecule is OC(CNc1nnnn1-c1ccccc1)c1ccccc1Cl. The molecule has 1 atom stereocenters. The Balaban J connectivity index is 1.73. The Labute approximate surface area is 132 Å². The Morgan fingerprint density at radius 3 is 2.59 bits per heavy atom. The zero-order chi connectivity index (χ0) is 15.4. The Kier molecular flexibility index (Phi) is 4.32. The van der Waals surface area contributed by atoms with E-state index < -0.39 is 6.10 Å². The lowest BCUT2D eigenvalue weighted by atomic mass is 10.1. The van der Waals surface area contributed by atoms with E-state index in [-0.39, 0.29) is 6.54 Å². The van der Waals surface area contributed by atoms with Gasteiger partial charge in [-0.1, -0.05) is 53.1 Å². The lowest BCUT2D eigenvalue weighted by molar-refractivity contribution is 0.191. The molecule has 2 N–H and O–H groups in total. The van der Waals surface area contributed by atoms with E-state index in [0.717, 1.165) is 5.69 Å². The smallest absolute Gasteiger partial charge is 0.247 e. The average molecular weight is 316 g/mol. The summed E-state index contributed by atoms with van der Waals surface area (Å²) in [6, 6.07) is 16.7. The van der Waals surface area contributed by atoms with Crippen molar-refractivity contribution < 1.29 is 5.11 Å². The minimum Gasteiger partial charge on any atom is -0.387 e. The minimum absolute atomic E-state index is 0.247. The van der Waals surface area contributed by atoms with Crippen molar-refractivity contribution in [1.29, 1.82) is 0 Å². The van der Waals surface area contributed by atoms with Crippen LogP contribution in [0.1, 0.15) is 11.7 Å². The number of tetrazole rings is 1. The third-order valence-corrected chi connectivity index (χ3v) is 3.53. The second-order valence-corrected chi connectivity index (χ2v) is 5.08. The van der Waals surface area contributed by atoms with Gasteiger partial charge in [-0.05, 0) is 28.6 Å². The molecule has 0 saturated heterocycles. The molecule has 1 aromatic heterocycles. The number of benzene rings is 2. The maximum Gasteiger partial charge on any atom is 0.247 e. The number of hydrogen-bond donors (Lipinski definition) is 2. The minimum atomic E-state index is -0.755. The quantitative estimate of drug-likeness (QED) is 0.756. The van der Waals surface area contributed by atoms with E-state index in [1.807, 2.05) is 42.5 Å². The van der Waals surface area contributed by atoms with Crippen molar-refractivity contribution >= 4 is 17.5 Å². The van der Waals surface area contributed by atoms with Gasteiger partial charge in [0.15, 0.2) is 0 Å². The number of aromatic nitrogens is 4. The molecule has 0 saturated carbocycles. The van der Waals surface area contributed by atoms with E-state index in [1.54, 1.807) is 16.8 Å². The molecule has 3 aromatic rings. The Hall–Kier alpha value is -2.44. The van der Waals surface area contributed by atoms with Gasteiger partial charge in [0.25, 0.3) is 0 Å². The van der Waals surface area contributed by atoms with Crippen molar-refractivity contribution in [1.82, 2.24) is 20.2 Å². The van der Waals surface area contributed by atoms with Gasteiger partial charge in [-0.15, -0.1) is 0 Å². The lowest BCUT2D eigenvalue weighted by Crippen LogP contribution is -2.15. The molecule has 22 heavy (non-hydrogen) atoms. The first-order valence-corrected chi connectivity index (χ1v) is 7.13. The highest BCUT2D eigenvalue weighted by molar-refractivity contribution is 6.31. The predicted octanol–water partition coefficient (Wildman–Crippen LogP) is 2.46. The van der Waals surface area contributed by atoms with E-state index in [0.29, 0.717) is 16.5 Å². The van der Waals surface area contributed by atoms with Gasteiger partial charge in [-0.3, -0.25) is 0 Å². The van der Waals surface area contributed by atoms with Crippen molar-refractivity contribution in [2.45, 2.75) is 6.10 Å². The van der Waals surface area contributed by atoms with Crippen molar-refractivity contribution in [2.24, 2.45) is 0 Å². The number of aliphatic hydroxyl groups is 1. The summed E-state index contributed by atoms with van der Waals surface area (Å²) in [5.74, 6) is 0.456. The molecular formula is C15H14ClN5O. The maximum absolute atomic E-state index is 10.2. The Bertz CT molecular complexity index is 746. The molecule has 0 amide bonds. The first-order chi connectivity index (χ1) is 10.8. The zero-order valence-corrected chi connectivity index (χ0v) is 12.4. The van der Waals surface area contributed by atoms with Crippen LogP contribution in [-0.2, 0) is 0 Å². The van der Waals surface area contributed by atoms with Gasteiger partial charge < -0.3 is 10.4 Å². The van der Waals surface area contributed by atoms with Crippen molar-refractivity contribution in [3.8, 4) is 5.69 Å². The number of hydrogen-bond acceptors (Lipinski definition) is 5. The molecule has 0 aliphatic rings. The van der Waals surface area contributed by atoms with Crippen LogP contribution in [0.5, 0.6) is 0 Å². The molecule has 0 aliphatic carbocycles. The van der Waals surface area contributed by atoms with Crippen molar-refractivity contribution in [3.05, 3.63) is 65.2 Å². The zero-order valence-electron chi connectivity index (χ0n) is 11.6. The largest absolute Gasteiger partial charge is 0.387 e. The van der Waals surface area contributed by atoms with Crippen LogP contribution in [0.2, 0.25) is 5.02 Å². The van der Waals surface area contributed by atoms with Crippen molar-refractivity contribution in [2.75, 3.05) is 11.9 Å². The van der Waals surface area contributed by atoms with Gasteiger partial charge in [0.1, 0.15) is 0 Å². The van der Waals surface area contributed by atoms with Crippen molar-refractivity contribution in [3.63, 3.8) is 0 Å². The second kappa shape index (κ2) is 6.55. The summed E-state index contributed by atoms with van der Waals surface area (Å²) in [5, 5.41) is 25.3. The lowest BCUT2D eigenvalue weighted by Gasteiger charge is -2.14. The van der Waals surface area contributed by atoms with Crippen LogP contribution in [0.4, 0.5) is 5.95 Å². The molecule has 1 unspecified atom stereocenters. The van der Waals surface area contributed by atoms with Crippen LogP contribution in [0, 0.1) is 0 Å². The Morgan fingerprint density at radius 2 is 1.82 bits per heavy atom. The molecule has 0 aliphatic heterocycles. The van der Waals surface area contributed by atoms with Gasteiger partial charge >= 0.3 is 0 Å². The first-order valence-electron chi connectivity index (χ1n) is 6.76.